The van der Waals surface area contributed by atoms with E-state index in [9.17, 15) is 22.2 Å². The Morgan fingerprint density at radius 3 is 2.28 bits per heavy atom. The number of ether oxygens (including phenoxy) is 1. The monoisotopic (exact) mass is 485 g/mol. The van der Waals surface area contributed by atoms with Crippen LogP contribution in [0.25, 0.3) is 11.3 Å². The molecule has 176 valence electrons. The van der Waals surface area contributed by atoms with Crippen molar-refractivity contribution in [1.29, 1.82) is 0 Å². The topological polar surface area (TPSA) is 107 Å². The molecule has 11 heteroatoms. The Morgan fingerprint density at radius 2 is 1.78 bits per heavy atom. The Morgan fingerprint density at radius 1 is 1.19 bits per heavy atom. The number of rotatable bonds is 9. The van der Waals surface area contributed by atoms with Gasteiger partial charge in [0.1, 0.15) is 11.4 Å². The van der Waals surface area contributed by atoms with Gasteiger partial charge in [-0.1, -0.05) is 13.8 Å². The van der Waals surface area contributed by atoms with Crippen molar-refractivity contribution in [3.63, 3.8) is 0 Å². The molecule has 1 aromatic carbocycles. The first-order chi connectivity index (χ1) is 14.8. The van der Waals surface area contributed by atoms with Gasteiger partial charge in [0.25, 0.3) is 0 Å². The molecule has 0 N–H and O–H groups in total. The summed E-state index contributed by atoms with van der Waals surface area (Å²) < 4.78 is 57.3. The molecule has 0 saturated carbocycles. The van der Waals surface area contributed by atoms with Crippen LogP contribution in [-0.2, 0) is 19.3 Å². The molecule has 0 aliphatic carbocycles. The second-order valence-electron chi connectivity index (χ2n) is 8.10. The predicted molar refractivity (Wildman–Crippen MR) is 124 cm³/mol. The zero-order valence-electron chi connectivity index (χ0n) is 19.1. The van der Waals surface area contributed by atoms with Crippen LogP contribution < -0.4 is 4.31 Å². The van der Waals surface area contributed by atoms with E-state index in [0.29, 0.717) is 11.3 Å². The molecule has 32 heavy (non-hydrogen) atoms. The minimum atomic E-state index is -3.88. The number of carbonyl (C=O) groups excluding carboxylic acids is 1. The molecule has 0 radical (unpaired) electrons. The average molecular weight is 486 g/mol. The van der Waals surface area contributed by atoms with E-state index in [2.05, 4.69) is 9.97 Å². The van der Waals surface area contributed by atoms with Gasteiger partial charge in [0.15, 0.2) is 0 Å². The quantitative estimate of drug-likeness (QED) is 0.391. The van der Waals surface area contributed by atoms with Crippen molar-refractivity contribution >= 4 is 29.1 Å². The third-order valence-corrected chi connectivity index (χ3v) is 7.98. The molecule has 1 heterocycles. The summed E-state index contributed by atoms with van der Waals surface area (Å²) in [6.07, 6.45) is 0.0163. The van der Waals surface area contributed by atoms with Gasteiger partial charge in [0.05, 0.1) is 30.9 Å². The zero-order valence-corrected chi connectivity index (χ0v) is 20.8. The van der Waals surface area contributed by atoms with E-state index in [1.807, 2.05) is 13.8 Å². The Hall–Kier alpha value is -2.32. The van der Waals surface area contributed by atoms with Crippen LogP contribution in [0, 0.1) is 5.82 Å². The third-order valence-electron chi connectivity index (χ3n) is 4.66. The van der Waals surface area contributed by atoms with Gasteiger partial charge in [-0.05, 0) is 50.4 Å². The largest absolute Gasteiger partial charge is 0.462 e. The minimum Gasteiger partial charge on any atom is -0.462 e. The number of hydrogen-bond donors (Lipinski definition) is 0. The smallest absolute Gasteiger partial charge is 0.342 e. The van der Waals surface area contributed by atoms with Gasteiger partial charge in [-0.3, -0.25) is 0 Å². The van der Waals surface area contributed by atoms with Crippen molar-refractivity contribution in [1.82, 2.24) is 9.97 Å². The predicted octanol–water partition coefficient (Wildman–Crippen LogP) is 3.97. The van der Waals surface area contributed by atoms with Crippen LogP contribution in [0.15, 0.2) is 24.3 Å². The molecule has 0 aliphatic heterocycles. The summed E-state index contributed by atoms with van der Waals surface area (Å²) in [6.45, 7) is 8.46. The number of anilines is 1. The fourth-order valence-electron chi connectivity index (χ4n) is 2.84. The lowest BCUT2D eigenvalue weighted by Gasteiger charge is -2.22. The number of sulfonamides is 1. The highest BCUT2D eigenvalue weighted by molar-refractivity contribution is 7.93. The van der Waals surface area contributed by atoms with Crippen LogP contribution >= 0.6 is 7.14 Å². The fourth-order valence-corrected chi connectivity index (χ4v) is 6.13. The van der Waals surface area contributed by atoms with E-state index in [1.165, 1.54) is 44.6 Å². The lowest BCUT2D eigenvalue weighted by atomic mass is 9.98. The standard InChI is InChI=1S/C21H29FN3O5PS/c1-7-30-20(26)17-18(14(2)3)23-21(24-19(17)15-8-10-16(22)11-9-15)25(4)32(28,29)13-12-31(5,6)27/h8-11,14H,7,12-13H2,1-6H3. The van der Waals surface area contributed by atoms with Crippen LogP contribution in [0.1, 0.15) is 42.7 Å². The summed E-state index contributed by atoms with van der Waals surface area (Å²) in [4.78, 5) is 21.5. The maximum Gasteiger partial charge on any atom is 0.342 e. The molecular formula is C21H29FN3O5PS. The van der Waals surface area contributed by atoms with Gasteiger partial charge in [-0.25, -0.2) is 31.9 Å². The van der Waals surface area contributed by atoms with Gasteiger partial charge in [0.2, 0.25) is 16.0 Å². The summed E-state index contributed by atoms with van der Waals surface area (Å²) in [5.74, 6) is -1.85. The first-order valence-corrected chi connectivity index (χ1v) is 14.5. The van der Waals surface area contributed by atoms with E-state index in [1.54, 1.807) is 6.92 Å². The number of hydrogen-bond acceptors (Lipinski definition) is 7. The molecule has 0 unspecified atom stereocenters. The van der Waals surface area contributed by atoms with Gasteiger partial charge in [-0.2, -0.15) is 0 Å². The number of esters is 1. The minimum absolute atomic E-state index is 0.0163. The molecular weight excluding hydrogens is 456 g/mol. The van der Waals surface area contributed by atoms with Crippen molar-refractivity contribution in [2.45, 2.75) is 26.7 Å². The van der Waals surface area contributed by atoms with Gasteiger partial charge < -0.3 is 9.30 Å². The molecule has 0 fully saturated rings. The lowest BCUT2D eigenvalue weighted by Crippen LogP contribution is -2.32. The fraction of sp³-hybridized carbons (Fsp3) is 0.476. The normalized spacial score (nSPS) is 12.1. The first-order valence-electron chi connectivity index (χ1n) is 10.1. The molecule has 0 atom stereocenters. The third kappa shape index (κ3) is 6.36. The number of halogens is 1. The molecule has 1 aromatic heterocycles. The van der Waals surface area contributed by atoms with Crippen molar-refractivity contribution in [2.75, 3.05) is 43.2 Å². The van der Waals surface area contributed by atoms with Crippen molar-refractivity contribution in [2.24, 2.45) is 0 Å². The van der Waals surface area contributed by atoms with Crippen molar-refractivity contribution < 1.29 is 26.9 Å². The maximum absolute atomic E-state index is 13.5. The number of benzene rings is 1. The number of carbonyl (C=O) groups is 1. The molecule has 0 amide bonds. The Bertz CT molecular complexity index is 1130. The van der Waals surface area contributed by atoms with Gasteiger partial charge in [-0.15, -0.1) is 0 Å². The lowest BCUT2D eigenvalue weighted by molar-refractivity contribution is 0.0524. The second kappa shape index (κ2) is 10.1. The van der Waals surface area contributed by atoms with E-state index in [4.69, 9.17) is 4.74 Å². The maximum atomic E-state index is 13.5. The Labute approximate surface area is 188 Å². The van der Waals surface area contributed by atoms with E-state index < -0.39 is 29.0 Å². The van der Waals surface area contributed by atoms with E-state index in [0.717, 1.165) is 4.31 Å². The van der Waals surface area contributed by atoms with Crippen LogP contribution in [-0.4, -0.2) is 63.3 Å². The van der Waals surface area contributed by atoms with E-state index >= 15 is 0 Å². The molecule has 2 aromatic rings. The SMILES string of the molecule is CCOC(=O)c1c(-c2ccc(F)cc2)nc(N(C)S(=O)(=O)CCP(C)(C)=O)nc1C(C)C. The molecule has 0 spiro atoms. The van der Waals surface area contributed by atoms with Crippen LogP contribution in [0.3, 0.4) is 0 Å². The Kier molecular flexibility index (Phi) is 8.17. The van der Waals surface area contributed by atoms with Crippen LogP contribution in [0.2, 0.25) is 0 Å². The molecule has 0 bridgehead atoms. The van der Waals surface area contributed by atoms with Crippen molar-refractivity contribution in [3.05, 3.63) is 41.3 Å². The molecule has 8 nitrogen and oxygen atoms in total. The highest BCUT2D eigenvalue weighted by Gasteiger charge is 2.29. The molecule has 0 saturated heterocycles. The Balaban J connectivity index is 2.71. The summed E-state index contributed by atoms with van der Waals surface area (Å²) >= 11 is 0. The second-order valence-corrected chi connectivity index (χ2v) is 13.8. The van der Waals surface area contributed by atoms with Gasteiger partial charge in [0, 0.05) is 18.8 Å². The van der Waals surface area contributed by atoms with Gasteiger partial charge >= 0.3 is 5.97 Å². The highest BCUT2D eigenvalue weighted by atomic mass is 32.2. The number of nitrogens with zero attached hydrogens (tertiary/aromatic N) is 3. The van der Waals surface area contributed by atoms with Crippen LogP contribution in [0.5, 0.6) is 0 Å². The number of aromatic nitrogens is 2. The summed E-state index contributed by atoms with van der Waals surface area (Å²) in [7, 11) is -5.12. The zero-order chi connectivity index (χ0) is 24.3. The first kappa shape index (κ1) is 25.9. The van der Waals surface area contributed by atoms with E-state index in [-0.39, 0.29) is 41.6 Å². The average Bonchev–Trinajstić information content (AvgIpc) is 2.71. The summed E-state index contributed by atoms with van der Waals surface area (Å²) in [6, 6.07) is 5.35. The molecule has 0 aliphatic rings. The van der Waals surface area contributed by atoms with Crippen molar-refractivity contribution in [3.8, 4) is 11.3 Å². The highest BCUT2D eigenvalue weighted by Crippen LogP contribution is 2.36. The molecule has 2 rings (SSSR count). The summed E-state index contributed by atoms with van der Waals surface area (Å²) in [5.41, 5.74) is 0.981. The summed E-state index contributed by atoms with van der Waals surface area (Å²) in [5, 5.41) is 0. The van der Waals surface area contributed by atoms with Crippen LogP contribution in [0.4, 0.5) is 10.3 Å².